The molecule has 0 aliphatic heterocycles. The summed E-state index contributed by atoms with van der Waals surface area (Å²) in [6.07, 6.45) is 0. The Hall–Kier alpha value is -2.20. The van der Waals surface area contributed by atoms with Crippen molar-refractivity contribution in [2.45, 2.75) is 13.8 Å². The maximum Gasteiger partial charge on any atom is 0.181 e. The molecule has 2 aromatic carbocycles. The van der Waals surface area contributed by atoms with Crippen LogP contribution in [-0.2, 0) is 0 Å². The zero-order chi connectivity index (χ0) is 14.1. The molecule has 1 heterocycles. The quantitative estimate of drug-likeness (QED) is 0.607. The Kier molecular flexibility index (Phi) is 3.24. The van der Waals surface area contributed by atoms with Crippen molar-refractivity contribution in [3.05, 3.63) is 53.6 Å². The SMILES string of the molecule is Cc1ccc(N=Nc2sc3ccccc3c2O)cc1C. The summed E-state index contributed by atoms with van der Waals surface area (Å²) in [4.78, 5) is 0. The number of nitrogens with zero attached hydrogens (tertiary/aromatic N) is 2. The fourth-order valence-electron chi connectivity index (χ4n) is 1.98. The molecule has 1 aromatic heterocycles. The second-order valence-corrected chi connectivity index (χ2v) is 5.75. The minimum absolute atomic E-state index is 0.207. The van der Waals surface area contributed by atoms with E-state index in [9.17, 15) is 5.11 Å². The zero-order valence-electron chi connectivity index (χ0n) is 11.3. The molecule has 0 aliphatic carbocycles. The Labute approximate surface area is 121 Å². The number of hydrogen-bond donors (Lipinski definition) is 1. The van der Waals surface area contributed by atoms with Crippen LogP contribution in [0.1, 0.15) is 11.1 Å². The number of aromatic hydroxyl groups is 1. The van der Waals surface area contributed by atoms with Crippen molar-refractivity contribution >= 4 is 32.1 Å². The minimum atomic E-state index is 0.207. The molecule has 0 bridgehead atoms. The number of fused-ring (bicyclic) bond motifs is 1. The molecule has 0 atom stereocenters. The fourth-order valence-corrected chi connectivity index (χ4v) is 2.90. The van der Waals surface area contributed by atoms with E-state index in [0.29, 0.717) is 5.00 Å². The van der Waals surface area contributed by atoms with Gasteiger partial charge in [0.05, 0.1) is 5.69 Å². The number of azo groups is 1. The topological polar surface area (TPSA) is 45.0 Å². The first-order valence-electron chi connectivity index (χ1n) is 6.34. The van der Waals surface area contributed by atoms with E-state index in [1.165, 1.54) is 22.5 Å². The van der Waals surface area contributed by atoms with Gasteiger partial charge < -0.3 is 5.11 Å². The summed E-state index contributed by atoms with van der Waals surface area (Å²) < 4.78 is 1.01. The molecular weight excluding hydrogens is 268 g/mol. The van der Waals surface area contributed by atoms with E-state index in [4.69, 9.17) is 0 Å². The van der Waals surface area contributed by atoms with E-state index in [1.54, 1.807) is 0 Å². The van der Waals surface area contributed by atoms with Crippen LogP contribution >= 0.6 is 11.3 Å². The van der Waals surface area contributed by atoms with Crippen LogP contribution in [0.4, 0.5) is 10.7 Å². The van der Waals surface area contributed by atoms with Gasteiger partial charge in [-0.15, -0.1) is 21.6 Å². The second kappa shape index (κ2) is 5.06. The number of benzene rings is 2. The predicted octanol–water partition coefficient (Wildman–Crippen LogP) is 5.64. The molecule has 0 unspecified atom stereocenters. The van der Waals surface area contributed by atoms with Crippen LogP contribution < -0.4 is 0 Å². The van der Waals surface area contributed by atoms with Crippen LogP contribution in [0.25, 0.3) is 10.1 Å². The maximum absolute atomic E-state index is 10.1. The van der Waals surface area contributed by atoms with Crippen molar-refractivity contribution in [2.75, 3.05) is 0 Å². The molecule has 1 N–H and O–H groups in total. The molecule has 0 radical (unpaired) electrons. The molecule has 100 valence electrons. The summed E-state index contributed by atoms with van der Waals surface area (Å²) in [5.41, 5.74) is 3.21. The van der Waals surface area contributed by atoms with Gasteiger partial charge in [-0.3, -0.25) is 0 Å². The van der Waals surface area contributed by atoms with Gasteiger partial charge in [0.2, 0.25) is 0 Å². The normalized spacial score (nSPS) is 11.5. The minimum Gasteiger partial charge on any atom is -0.504 e. The third-order valence-electron chi connectivity index (χ3n) is 3.30. The first-order valence-corrected chi connectivity index (χ1v) is 7.16. The Morgan fingerprint density at radius 3 is 2.50 bits per heavy atom. The monoisotopic (exact) mass is 282 g/mol. The van der Waals surface area contributed by atoms with Crippen molar-refractivity contribution in [2.24, 2.45) is 10.2 Å². The predicted molar refractivity (Wildman–Crippen MR) is 83.6 cm³/mol. The third-order valence-corrected chi connectivity index (χ3v) is 4.34. The summed E-state index contributed by atoms with van der Waals surface area (Å²) in [5.74, 6) is 0.207. The number of hydrogen-bond acceptors (Lipinski definition) is 4. The summed E-state index contributed by atoms with van der Waals surface area (Å²) in [7, 11) is 0. The van der Waals surface area contributed by atoms with Gasteiger partial charge in [-0.25, -0.2) is 0 Å². The van der Waals surface area contributed by atoms with Crippen molar-refractivity contribution in [1.29, 1.82) is 0 Å². The number of aryl methyl sites for hydroxylation is 2. The summed E-state index contributed by atoms with van der Waals surface area (Å²) in [5, 5.41) is 19.9. The van der Waals surface area contributed by atoms with Gasteiger partial charge in [0.1, 0.15) is 0 Å². The molecular formula is C16H14N2OS. The van der Waals surface area contributed by atoms with Gasteiger partial charge in [-0.05, 0) is 49.2 Å². The largest absolute Gasteiger partial charge is 0.504 e. The Balaban J connectivity index is 1.98. The van der Waals surface area contributed by atoms with Gasteiger partial charge in [0, 0.05) is 10.1 Å². The first-order chi connectivity index (χ1) is 9.65. The lowest BCUT2D eigenvalue weighted by molar-refractivity contribution is 0.484. The zero-order valence-corrected chi connectivity index (χ0v) is 12.1. The van der Waals surface area contributed by atoms with Crippen molar-refractivity contribution in [3.63, 3.8) is 0 Å². The van der Waals surface area contributed by atoms with Crippen LogP contribution in [0, 0.1) is 13.8 Å². The third kappa shape index (κ3) is 2.30. The molecule has 3 aromatic rings. The average molecular weight is 282 g/mol. The van der Waals surface area contributed by atoms with Gasteiger partial charge in [-0.2, -0.15) is 0 Å². The molecule has 0 amide bonds. The Morgan fingerprint density at radius 2 is 1.75 bits per heavy atom. The highest BCUT2D eigenvalue weighted by atomic mass is 32.1. The van der Waals surface area contributed by atoms with Crippen LogP contribution in [0.2, 0.25) is 0 Å². The highest BCUT2D eigenvalue weighted by Crippen LogP contribution is 2.43. The molecule has 4 heteroatoms. The molecule has 0 fully saturated rings. The number of rotatable bonds is 2. The molecule has 0 spiro atoms. The van der Waals surface area contributed by atoms with E-state index < -0.39 is 0 Å². The molecule has 0 saturated carbocycles. The highest BCUT2D eigenvalue weighted by molar-refractivity contribution is 7.23. The second-order valence-electron chi connectivity index (χ2n) is 4.72. The lowest BCUT2D eigenvalue weighted by atomic mass is 10.1. The van der Waals surface area contributed by atoms with Crippen molar-refractivity contribution < 1.29 is 5.11 Å². The van der Waals surface area contributed by atoms with Crippen LogP contribution in [-0.4, -0.2) is 5.11 Å². The van der Waals surface area contributed by atoms with Crippen molar-refractivity contribution in [1.82, 2.24) is 0 Å². The summed E-state index contributed by atoms with van der Waals surface area (Å²) >= 11 is 1.44. The molecule has 0 saturated heterocycles. The van der Waals surface area contributed by atoms with Crippen LogP contribution in [0.3, 0.4) is 0 Å². The van der Waals surface area contributed by atoms with E-state index in [1.807, 2.05) is 49.4 Å². The van der Waals surface area contributed by atoms with E-state index >= 15 is 0 Å². The highest BCUT2D eigenvalue weighted by Gasteiger charge is 2.09. The number of thiophene rings is 1. The fraction of sp³-hybridized carbons (Fsp3) is 0.125. The van der Waals surface area contributed by atoms with Gasteiger partial charge in [0.15, 0.2) is 10.8 Å². The van der Waals surface area contributed by atoms with Crippen molar-refractivity contribution in [3.8, 4) is 5.75 Å². The van der Waals surface area contributed by atoms with Gasteiger partial charge in [-0.1, -0.05) is 18.2 Å². The lowest BCUT2D eigenvalue weighted by Gasteiger charge is -1.99. The molecule has 0 aliphatic rings. The lowest BCUT2D eigenvalue weighted by Crippen LogP contribution is -1.77. The van der Waals surface area contributed by atoms with E-state index in [2.05, 4.69) is 17.2 Å². The standard InChI is InChI=1S/C16H14N2OS/c1-10-7-8-12(9-11(10)2)17-18-16-15(19)13-5-3-4-6-14(13)20-16/h3-9,19H,1-2H3. The van der Waals surface area contributed by atoms with Gasteiger partial charge in [0.25, 0.3) is 0 Å². The molecule has 3 rings (SSSR count). The maximum atomic E-state index is 10.1. The summed E-state index contributed by atoms with van der Waals surface area (Å²) in [6.45, 7) is 4.11. The Morgan fingerprint density at radius 1 is 0.950 bits per heavy atom. The van der Waals surface area contributed by atoms with E-state index in [0.717, 1.165) is 15.8 Å². The Bertz CT molecular complexity index is 805. The van der Waals surface area contributed by atoms with E-state index in [-0.39, 0.29) is 5.75 Å². The van der Waals surface area contributed by atoms with Crippen LogP contribution in [0.15, 0.2) is 52.7 Å². The smallest absolute Gasteiger partial charge is 0.181 e. The van der Waals surface area contributed by atoms with Gasteiger partial charge >= 0.3 is 0 Å². The average Bonchev–Trinajstić information content (AvgIpc) is 2.77. The first kappa shape index (κ1) is 12.8. The molecule has 20 heavy (non-hydrogen) atoms. The van der Waals surface area contributed by atoms with Crippen LogP contribution in [0.5, 0.6) is 5.75 Å². The summed E-state index contributed by atoms with van der Waals surface area (Å²) in [6, 6.07) is 13.6. The molecule has 3 nitrogen and oxygen atoms in total.